The standard InChI is InChI=1S/C16H15NO5/c18-15(10-21-13-6-2-1-3-7-13)17-12-5-4-8-14(9-12)22-11-16(19)20/h1-9H,10-11H2,(H,17,18)(H,19,20). The number of anilines is 1. The third-order valence-corrected chi connectivity index (χ3v) is 2.59. The lowest BCUT2D eigenvalue weighted by molar-refractivity contribution is -0.139. The van der Waals surface area contributed by atoms with Gasteiger partial charge in [-0.15, -0.1) is 0 Å². The molecule has 6 nitrogen and oxygen atoms in total. The molecule has 0 aliphatic carbocycles. The summed E-state index contributed by atoms with van der Waals surface area (Å²) in [5.41, 5.74) is 0.504. The minimum absolute atomic E-state index is 0.121. The zero-order valence-corrected chi connectivity index (χ0v) is 11.7. The van der Waals surface area contributed by atoms with E-state index in [1.165, 1.54) is 0 Å². The van der Waals surface area contributed by atoms with E-state index in [0.29, 0.717) is 17.2 Å². The Balaban J connectivity index is 1.85. The van der Waals surface area contributed by atoms with Crippen LogP contribution in [-0.2, 0) is 9.59 Å². The van der Waals surface area contributed by atoms with Gasteiger partial charge in [-0.1, -0.05) is 24.3 Å². The SMILES string of the molecule is O=C(O)COc1cccc(NC(=O)COc2ccccc2)c1. The fraction of sp³-hybridized carbons (Fsp3) is 0.125. The molecule has 2 rings (SSSR count). The predicted molar refractivity (Wildman–Crippen MR) is 80.1 cm³/mol. The minimum Gasteiger partial charge on any atom is -0.484 e. The van der Waals surface area contributed by atoms with Gasteiger partial charge >= 0.3 is 5.97 Å². The fourth-order valence-corrected chi connectivity index (χ4v) is 1.67. The monoisotopic (exact) mass is 301 g/mol. The van der Waals surface area contributed by atoms with Crippen LogP contribution in [0, 0.1) is 0 Å². The van der Waals surface area contributed by atoms with Crippen molar-refractivity contribution in [2.24, 2.45) is 0 Å². The zero-order valence-electron chi connectivity index (χ0n) is 11.7. The number of aliphatic carboxylic acids is 1. The van der Waals surface area contributed by atoms with Gasteiger partial charge in [0.1, 0.15) is 11.5 Å². The van der Waals surface area contributed by atoms with Gasteiger partial charge in [-0.05, 0) is 24.3 Å². The van der Waals surface area contributed by atoms with Crippen molar-refractivity contribution in [2.75, 3.05) is 18.5 Å². The summed E-state index contributed by atoms with van der Waals surface area (Å²) in [7, 11) is 0. The average Bonchev–Trinajstić information content (AvgIpc) is 2.52. The third-order valence-electron chi connectivity index (χ3n) is 2.59. The Hall–Kier alpha value is -3.02. The normalized spacial score (nSPS) is 9.82. The molecular formula is C16H15NO5. The first kappa shape index (κ1) is 15.4. The van der Waals surface area contributed by atoms with Crippen molar-refractivity contribution >= 4 is 17.6 Å². The first-order chi connectivity index (χ1) is 10.6. The van der Waals surface area contributed by atoms with Crippen molar-refractivity contribution in [2.45, 2.75) is 0 Å². The highest BCUT2D eigenvalue weighted by Crippen LogP contribution is 2.17. The summed E-state index contributed by atoms with van der Waals surface area (Å²) in [6.45, 7) is -0.557. The Morgan fingerprint density at radius 3 is 2.32 bits per heavy atom. The van der Waals surface area contributed by atoms with Crippen LogP contribution in [0.1, 0.15) is 0 Å². The van der Waals surface area contributed by atoms with E-state index in [1.54, 1.807) is 36.4 Å². The molecule has 2 aromatic rings. The number of benzene rings is 2. The molecule has 0 aromatic heterocycles. The van der Waals surface area contributed by atoms with Gasteiger partial charge in [0, 0.05) is 11.8 Å². The van der Waals surface area contributed by atoms with Crippen LogP contribution in [0.2, 0.25) is 0 Å². The molecular weight excluding hydrogens is 286 g/mol. The second kappa shape index (κ2) is 7.68. The fourth-order valence-electron chi connectivity index (χ4n) is 1.67. The smallest absolute Gasteiger partial charge is 0.341 e. The van der Waals surface area contributed by atoms with Crippen molar-refractivity contribution in [1.29, 1.82) is 0 Å². The second-order valence-electron chi connectivity index (χ2n) is 4.36. The van der Waals surface area contributed by atoms with E-state index >= 15 is 0 Å². The zero-order chi connectivity index (χ0) is 15.8. The van der Waals surface area contributed by atoms with Gasteiger partial charge in [0.25, 0.3) is 5.91 Å². The highest BCUT2D eigenvalue weighted by atomic mass is 16.5. The van der Waals surface area contributed by atoms with Crippen LogP contribution in [0.5, 0.6) is 11.5 Å². The number of ether oxygens (including phenoxy) is 2. The van der Waals surface area contributed by atoms with E-state index in [0.717, 1.165) is 0 Å². The molecule has 0 aliphatic rings. The van der Waals surface area contributed by atoms with Gasteiger partial charge in [0.15, 0.2) is 13.2 Å². The van der Waals surface area contributed by atoms with E-state index in [4.69, 9.17) is 14.6 Å². The van der Waals surface area contributed by atoms with Gasteiger partial charge < -0.3 is 19.9 Å². The number of carbonyl (C=O) groups excluding carboxylic acids is 1. The summed E-state index contributed by atoms with van der Waals surface area (Å²) in [5.74, 6) is -0.412. The molecule has 6 heteroatoms. The maximum atomic E-state index is 11.8. The predicted octanol–water partition coefficient (Wildman–Crippen LogP) is 2.17. The molecule has 0 aliphatic heterocycles. The topological polar surface area (TPSA) is 84.9 Å². The number of carboxylic acids is 1. The molecule has 0 heterocycles. The van der Waals surface area contributed by atoms with Gasteiger partial charge in [-0.25, -0.2) is 4.79 Å². The van der Waals surface area contributed by atoms with Crippen LogP contribution < -0.4 is 14.8 Å². The molecule has 0 bridgehead atoms. The Labute approximate surface area is 127 Å². The Bertz CT molecular complexity index is 642. The van der Waals surface area contributed by atoms with E-state index in [9.17, 15) is 9.59 Å². The van der Waals surface area contributed by atoms with Gasteiger partial charge in [0.05, 0.1) is 0 Å². The van der Waals surface area contributed by atoms with Crippen LogP contribution >= 0.6 is 0 Å². The Kier molecular flexibility index (Phi) is 5.37. The summed E-state index contributed by atoms with van der Waals surface area (Å²) in [5, 5.41) is 11.2. The molecule has 0 unspecified atom stereocenters. The number of nitrogens with one attached hydrogen (secondary N) is 1. The van der Waals surface area contributed by atoms with Crippen molar-refractivity contribution in [3.05, 3.63) is 54.6 Å². The van der Waals surface area contributed by atoms with Crippen LogP contribution in [0.4, 0.5) is 5.69 Å². The highest BCUT2D eigenvalue weighted by molar-refractivity contribution is 5.92. The Morgan fingerprint density at radius 2 is 1.59 bits per heavy atom. The second-order valence-corrected chi connectivity index (χ2v) is 4.36. The van der Waals surface area contributed by atoms with E-state index in [-0.39, 0.29) is 12.5 Å². The summed E-state index contributed by atoms with van der Waals surface area (Å²) < 4.78 is 10.4. The molecule has 1 amide bonds. The summed E-state index contributed by atoms with van der Waals surface area (Å²) in [6, 6.07) is 15.5. The van der Waals surface area contributed by atoms with E-state index in [1.807, 2.05) is 18.2 Å². The van der Waals surface area contributed by atoms with Crippen LogP contribution in [0.3, 0.4) is 0 Å². The summed E-state index contributed by atoms with van der Waals surface area (Å²) in [4.78, 5) is 22.2. The van der Waals surface area contributed by atoms with Crippen LogP contribution in [0.25, 0.3) is 0 Å². The minimum atomic E-state index is -1.06. The molecule has 2 aromatic carbocycles. The maximum absolute atomic E-state index is 11.8. The number of rotatable bonds is 7. The molecule has 114 valence electrons. The van der Waals surface area contributed by atoms with Crippen molar-refractivity contribution < 1.29 is 24.2 Å². The van der Waals surface area contributed by atoms with Crippen molar-refractivity contribution in [3.8, 4) is 11.5 Å². The molecule has 0 spiro atoms. The molecule has 2 N–H and O–H groups in total. The van der Waals surface area contributed by atoms with Gasteiger partial charge in [0.2, 0.25) is 0 Å². The quantitative estimate of drug-likeness (QED) is 0.818. The first-order valence-corrected chi connectivity index (χ1v) is 6.56. The van der Waals surface area contributed by atoms with Gasteiger partial charge in [-0.2, -0.15) is 0 Å². The molecule has 0 radical (unpaired) electrons. The summed E-state index contributed by atoms with van der Waals surface area (Å²) >= 11 is 0. The number of hydrogen-bond donors (Lipinski definition) is 2. The number of hydrogen-bond acceptors (Lipinski definition) is 4. The van der Waals surface area contributed by atoms with E-state index in [2.05, 4.69) is 5.32 Å². The average molecular weight is 301 g/mol. The molecule has 0 saturated heterocycles. The summed E-state index contributed by atoms with van der Waals surface area (Å²) in [6.07, 6.45) is 0. The Morgan fingerprint density at radius 1 is 0.909 bits per heavy atom. The molecule has 22 heavy (non-hydrogen) atoms. The highest BCUT2D eigenvalue weighted by Gasteiger charge is 2.05. The lowest BCUT2D eigenvalue weighted by Crippen LogP contribution is -2.20. The van der Waals surface area contributed by atoms with Crippen LogP contribution in [-0.4, -0.2) is 30.2 Å². The van der Waals surface area contributed by atoms with Crippen LogP contribution in [0.15, 0.2) is 54.6 Å². The largest absolute Gasteiger partial charge is 0.484 e. The first-order valence-electron chi connectivity index (χ1n) is 6.56. The molecule has 0 saturated carbocycles. The molecule has 0 atom stereocenters. The van der Waals surface area contributed by atoms with Gasteiger partial charge in [-0.3, -0.25) is 4.79 Å². The number of amides is 1. The maximum Gasteiger partial charge on any atom is 0.341 e. The van der Waals surface area contributed by atoms with Crippen molar-refractivity contribution in [3.63, 3.8) is 0 Å². The number of carboxylic acid groups (broad SMARTS) is 1. The lowest BCUT2D eigenvalue weighted by atomic mass is 10.3. The molecule has 0 fully saturated rings. The van der Waals surface area contributed by atoms with Crippen molar-refractivity contribution in [1.82, 2.24) is 0 Å². The lowest BCUT2D eigenvalue weighted by Gasteiger charge is -2.09. The number of para-hydroxylation sites is 1. The van der Waals surface area contributed by atoms with E-state index < -0.39 is 12.6 Å². The number of carbonyl (C=O) groups is 2. The third kappa shape index (κ3) is 5.16.